The second-order valence-corrected chi connectivity index (χ2v) is 11.8. The molecule has 3 heterocycles. The molecule has 0 atom stereocenters. The third kappa shape index (κ3) is 7.31. The van der Waals surface area contributed by atoms with Crippen LogP contribution in [0.15, 0.2) is 66.2 Å². The summed E-state index contributed by atoms with van der Waals surface area (Å²) in [4.78, 5) is 33.7. The molecule has 5 rings (SSSR count). The van der Waals surface area contributed by atoms with Crippen molar-refractivity contribution in [3.63, 3.8) is 0 Å². The van der Waals surface area contributed by atoms with Gasteiger partial charge in [0.25, 0.3) is 15.9 Å². The van der Waals surface area contributed by atoms with E-state index in [1.54, 1.807) is 18.0 Å². The van der Waals surface area contributed by atoms with Crippen LogP contribution in [-0.4, -0.2) is 71.8 Å². The number of aromatic nitrogens is 5. The molecule has 0 saturated carbocycles. The number of nitrogens with one attached hydrogen (secondary N) is 2. The molecule has 0 aliphatic rings. The lowest BCUT2D eigenvalue weighted by Crippen LogP contribution is -2.24. The number of hydrogen-bond donors (Lipinski definition) is 3. The zero-order valence-electron chi connectivity index (χ0n) is 25.2. The summed E-state index contributed by atoms with van der Waals surface area (Å²) >= 11 is 0. The largest absolute Gasteiger partial charge is 0.491 e. The van der Waals surface area contributed by atoms with Gasteiger partial charge >= 0.3 is 0 Å². The number of amides is 1. The first-order chi connectivity index (χ1) is 22.5. The normalized spacial score (nSPS) is 11.3. The molecule has 0 fully saturated rings. The lowest BCUT2D eigenvalue weighted by atomic mass is 10.0. The van der Waals surface area contributed by atoms with Gasteiger partial charge in [0.1, 0.15) is 39.8 Å². The number of halogens is 2. The van der Waals surface area contributed by atoms with Gasteiger partial charge in [-0.25, -0.2) is 47.6 Å². The van der Waals surface area contributed by atoms with Gasteiger partial charge in [0.05, 0.1) is 19.3 Å². The monoisotopic (exact) mass is 666 g/mol. The van der Waals surface area contributed by atoms with Crippen molar-refractivity contribution in [1.29, 1.82) is 0 Å². The van der Waals surface area contributed by atoms with Crippen LogP contribution in [0.1, 0.15) is 22.5 Å². The summed E-state index contributed by atoms with van der Waals surface area (Å²) in [6.45, 7) is 2.58. The van der Waals surface area contributed by atoms with Crippen LogP contribution in [0.25, 0.3) is 22.0 Å². The number of fused-ring (bicyclic) bond motifs is 1. The van der Waals surface area contributed by atoms with E-state index >= 15 is 0 Å². The van der Waals surface area contributed by atoms with Crippen molar-refractivity contribution < 1.29 is 36.7 Å². The number of hydrogen-bond acceptors (Lipinski definition) is 12. The van der Waals surface area contributed by atoms with Crippen molar-refractivity contribution in [2.75, 3.05) is 36.9 Å². The number of carbonyl (C=O) groups excluding carboxylic acids is 1. The Balaban J connectivity index is 1.38. The Morgan fingerprint density at radius 1 is 1.00 bits per heavy atom. The molecule has 0 aliphatic carbocycles. The molecular weight excluding hydrogens is 638 g/mol. The summed E-state index contributed by atoms with van der Waals surface area (Å²) in [6, 6.07) is 7.16. The minimum atomic E-state index is -4.49. The highest BCUT2D eigenvalue weighted by Gasteiger charge is 2.23. The first-order valence-electron chi connectivity index (χ1n) is 13.9. The highest BCUT2D eigenvalue weighted by Crippen LogP contribution is 2.35. The fourth-order valence-electron chi connectivity index (χ4n) is 4.56. The van der Waals surface area contributed by atoms with Crippen LogP contribution >= 0.6 is 0 Å². The summed E-state index contributed by atoms with van der Waals surface area (Å²) in [7, 11) is -1.41. The van der Waals surface area contributed by atoms with Gasteiger partial charge in [-0.15, -0.1) is 0 Å². The number of sulfonamides is 1. The number of methoxy groups -OCH3 is 1. The topological polar surface area (TPSA) is 182 Å². The molecule has 0 saturated heterocycles. The van der Waals surface area contributed by atoms with Gasteiger partial charge in [-0.1, -0.05) is 0 Å². The molecule has 0 bridgehead atoms. The Morgan fingerprint density at radius 2 is 1.77 bits per heavy atom. The lowest BCUT2D eigenvalue weighted by Gasteiger charge is -2.18. The summed E-state index contributed by atoms with van der Waals surface area (Å²) in [5, 5.41) is 9.44. The molecule has 47 heavy (non-hydrogen) atoms. The zero-order chi connectivity index (χ0) is 33.7. The molecule has 0 radical (unpaired) electrons. The predicted molar refractivity (Wildman–Crippen MR) is 166 cm³/mol. The van der Waals surface area contributed by atoms with E-state index in [2.05, 4.69) is 29.6 Å². The molecular formula is C30H28F2N8O6S. The summed E-state index contributed by atoms with van der Waals surface area (Å²) in [5.41, 5.74) is 3.84. The maximum Gasteiger partial charge on any atom is 0.277 e. The average molecular weight is 667 g/mol. The van der Waals surface area contributed by atoms with E-state index in [0.717, 1.165) is 12.1 Å². The molecule has 0 spiro atoms. The van der Waals surface area contributed by atoms with Crippen LogP contribution in [0.4, 0.5) is 20.4 Å². The second kappa shape index (κ2) is 13.8. The number of benzene rings is 2. The number of anilines is 2. The van der Waals surface area contributed by atoms with E-state index in [4.69, 9.17) is 14.7 Å². The first-order valence-corrected chi connectivity index (χ1v) is 15.4. The molecule has 14 nitrogen and oxygen atoms in total. The van der Waals surface area contributed by atoms with E-state index in [0.29, 0.717) is 58.5 Å². The van der Waals surface area contributed by atoms with Gasteiger partial charge in [0, 0.05) is 54.9 Å². The van der Waals surface area contributed by atoms with Crippen LogP contribution in [0.2, 0.25) is 0 Å². The van der Waals surface area contributed by atoms with Crippen LogP contribution in [0, 0.1) is 18.6 Å². The predicted octanol–water partition coefficient (Wildman–Crippen LogP) is 3.90. The van der Waals surface area contributed by atoms with E-state index in [1.165, 1.54) is 43.6 Å². The van der Waals surface area contributed by atoms with E-state index < -0.39 is 32.5 Å². The summed E-state index contributed by atoms with van der Waals surface area (Å²) in [5.74, 6) is -2.15. The van der Waals surface area contributed by atoms with Crippen LogP contribution in [-0.2, 0) is 10.0 Å². The third-order valence-electron chi connectivity index (χ3n) is 6.95. The number of aryl methyl sites for hydroxylation is 1. The Labute approximate surface area is 267 Å². The first kappa shape index (κ1) is 32.8. The molecule has 3 aromatic heterocycles. The molecule has 0 unspecified atom stereocenters. The molecule has 1 amide bonds. The third-order valence-corrected chi connectivity index (χ3v) is 8.35. The summed E-state index contributed by atoms with van der Waals surface area (Å²) in [6.07, 6.45) is 6.04. The lowest BCUT2D eigenvalue weighted by molar-refractivity contribution is 0.0705. The van der Waals surface area contributed by atoms with E-state index in [1.807, 2.05) is 13.0 Å². The van der Waals surface area contributed by atoms with Crippen molar-refractivity contribution in [3.8, 4) is 22.8 Å². The number of nitrogens with zero attached hydrogens (tertiary/aromatic N) is 6. The van der Waals surface area contributed by atoms with Crippen molar-refractivity contribution in [2.24, 2.45) is 0 Å². The van der Waals surface area contributed by atoms with E-state index in [-0.39, 0.29) is 23.7 Å². The number of carbonyl (C=O) groups is 1. The quantitative estimate of drug-likeness (QED) is 0.0994. The van der Waals surface area contributed by atoms with Crippen molar-refractivity contribution in [1.82, 2.24) is 30.4 Å². The van der Waals surface area contributed by atoms with Gasteiger partial charge < -0.3 is 14.4 Å². The Kier molecular flexibility index (Phi) is 9.67. The van der Waals surface area contributed by atoms with Crippen molar-refractivity contribution in [3.05, 3.63) is 84.2 Å². The van der Waals surface area contributed by atoms with Crippen LogP contribution in [0.5, 0.6) is 11.6 Å². The Hall–Kier alpha value is -5.55. The van der Waals surface area contributed by atoms with Gasteiger partial charge in [0.15, 0.2) is 0 Å². The molecule has 2 aromatic carbocycles. The van der Waals surface area contributed by atoms with Gasteiger partial charge in [-0.3, -0.25) is 14.7 Å². The van der Waals surface area contributed by atoms with Crippen LogP contribution < -0.4 is 24.6 Å². The highest BCUT2D eigenvalue weighted by molar-refractivity contribution is 7.92. The zero-order valence-corrected chi connectivity index (χ0v) is 26.0. The molecule has 5 aromatic rings. The standard InChI is InChI=1S/C30H28F2N8O6S/c1-17-22-9-18(19-10-24(29(45-3)33-13-19)39-47(43,44)26-6-5-21(31)12-23(26)32)11-25(27(22)37-16-36-17)46-8-4-7-40(2)30-34-14-20(15-35-30)28(41)38-42/h5-6,9-16,39,42H,4,7-8H2,1-3H3,(H,38,41). The molecule has 17 heteroatoms. The van der Waals surface area contributed by atoms with Crippen molar-refractivity contribution in [2.45, 2.75) is 18.2 Å². The number of rotatable bonds is 12. The average Bonchev–Trinajstić information content (AvgIpc) is 3.06. The van der Waals surface area contributed by atoms with Gasteiger partial charge in [-0.05, 0) is 49.2 Å². The number of hydroxylamine groups is 1. The molecule has 3 N–H and O–H groups in total. The maximum atomic E-state index is 14.4. The fourth-order valence-corrected chi connectivity index (χ4v) is 5.67. The molecule has 0 aliphatic heterocycles. The fraction of sp³-hybridized carbons (Fsp3) is 0.200. The Bertz CT molecular complexity index is 2050. The Morgan fingerprint density at radius 3 is 2.47 bits per heavy atom. The molecule has 244 valence electrons. The number of ether oxygens (including phenoxy) is 2. The highest BCUT2D eigenvalue weighted by atomic mass is 32.2. The van der Waals surface area contributed by atoms with E-state index in [9.17, 15) is 22.0 Å². The second-order valence-electron chi connectivity index (χ2n) is 10.1. The summed E-state index contributed by atoms with van der Waals surface area (Å²) < 4.78 is 67.5. The minimum Gasteiger partial charge on any atom is -0.491 e. The minimum absolute atomic E-state index is 0.0731. The van der Waals surface area contributed by atoms with Crippen LogP contribution in [0.3, 0.4) is 0 Å². The number of pyridine rings is 1. The SMILES string of the molecule is COc1ncc(-c2cc(OCCCN(C)c3ncc(C(=O)NO)cn3)c3ncnc(C)c3c2)cc1NS(=O)(=O)c1ccc(F)cc1F. The van der Waals surface area contributed by atoms with Gasteiger partial charge in [0.2, 0.25) is 11.8 Å². The van der Waals surface area contributed by atoms with Crippen molar-refractivity contribution >= 4 is 38.5 Å². The smallest absolute Gasteiger partial charge is 0.277 e. The maximum absolute atomic E-state index is 14.4. The van der Waals surface area contributed by atoms with Gasteiger partial charge in [-0.2, -0.15) is 0 Å².